The minimum Gasteiger partial charge on any atom is -0.372 e. The van der Waals surface area contributed by atoms with E-state index in [1.165, 1.54) is 24.0 Å². The number of hydrogen-bond acceptors (Lipinski definition) is 2. The number of rotatable bonds is 3. The third kappa shape index (κ3) is 2.70. The SMILES string of the molecule is C=CC1=C(C(=C)C)C(C2CCCN2)OCCC1. The minimum atomic E-state index is 0.172. The summed E-state index contributed by atoms with van der Waals surface area (Å²) in [6.07, 6.45) is 6.76. The average Bonchev–Trinajstić information content (AvgIpc) is 2.74. The third-order valence-corrected chi connectivity index (χ3v) is 3.69. The average molecular weight is 233 g/mol. The molecule has 1 saturated heterocycles. The van der Waals surface area contributed by atoms with Gasteiger partial charge in [-0.25, -0.2) is 0 Å². The molecule has 0 aromatic heterocycles. The van der Waals surface area contributed by atoms with Gasteiger partial charge in [-0.1, -0.05) is 24.8 Å². The summed E-state index contributed by atoms with van der Waals surface area (Å²) in [6, 6.07) is 0.453. The van der Waals surface area contributed by atoms with Crippen LogP contribution in [0.3, 0.4) is 0 Å². The van der Waals surface area contributed by atoms with Crippen LogP contribution in [0.5, 0.6) is 0 Å². The zero-order valence-electron chi connectivity index (χ0n) is 10.8. The second-order valence-electron chi connectivity index (χ2n) is 5.02. The standard InChI is InChI=1S/C15H23NO/c1-4-12-7-6-10-17-15(14(12)11(2)3)13-8-5-9-16-13/h4,13,15-16H,1-2,5-10H2,3H3. The highest BCUT2D eigenvalue weighted by Gasteiger charge is 2.31. The van der Waals surface area contributed by atoms with Crippen LogP contribution in [0.1, 0.15) is 32.6 Å². The fourth-order valence-electron chi connectivity index (χ4n) is 2.89. The maximum Gasteiger partial charge on any atom is 0.0982 e. The largest absolute Gasteiger partial charge is 0.372 e. The maximum absolute atomic E-state index is 6.06. The highest BCUT2D eigenvalue weighted by Crippen LogP contribution is 2.31. The van der Waals surface area contributed by atoms with Crippen molar-refractivity contribution in [3.8, 4) is 0 Å². The molecule has 94 valence electrons. The van der Waals surface area contributed by atoms with Crippen molar-refractivity contribution in [1.29, 1.82) is 0 Å². The Morgan fingerprint density at radius 2 is 2.29 bits per heavy atom. The Hall–Kier alpha value is -0.860. The molecule has 0 aliphatic carbocycles. The smallest absolute Gasteiger partial charge is 0.0982 e. The zero-order chi connectivity index (χ0) is 12.3. The van der Waals surface area contributed by atoms with Crippen molar-refractivity contribution in [3.05, 3.63) is 36.0 Å². The van der Waals surface area contributed by atoms with E-state index in [1.807, 2.05) is 6.08 Å². The van der Waals surface area contributed by atoms with Gasteiger partial charge in [0.1, 0.15) is 0 Å². The van der Waals surface area contributed by atoms with E-state index in [0.29, 0.717) is 6.04 Å². The van der Waals surface area contributed by atoms with Gasteiger partial charge < -0.3 is 10.1 Å². The van der Waals surface area contributed by atoms with Gasteiger partial charge >= 0.3 is 0 Å². The molecule has 2 nitrogen and oxygen atoms in total. The Kier molecular flexibility index (Phi) is 4.19. The molecule has 0 amide bonds. The normalized spacial score (nSPS) is 30.2. The Labute approximate surface area is 104 Å². The van der Waals surface area contributed by atoms with Gasteiger partial charge in [0.2, 0.25) is 0 Å². The molecule has 17 heavy (non-hydrogen) atoms. The first-order valence-electron chi connectivity index (χ1n) is 6.60. The van der Waals surface area contributed by atoms with Crippen LogP contribution in [0.2, 0.25) is 0 Å². The van der Waals surface area contributed by atoms with Crippen LogP contribution in [0.25, 0.3) is 0 Å². The monoisotopic (exact) mass is 233 g/mol. The highest BCUT2D eigenvalue weighted by atomic mass is 16.5. The van der Waals surface area contributed by atoms with Gasteiger partial charge in [-0.15, -0.1) is 0 Å². The third-order valence-electron chi connectivity index (χ3n) is 3.69. The van der Waals surface area contributed by atoms with E-state index in [0.717, 1.165) is 31.6 Å². The first-order valence-corrected chi connectivity index (χ1v) is 6.60. The van der Waals surface area contributed by atoms with Crippen LogP contribution in [0, 0.1) is 0 Å². The summed E-state index contributed by atoms with van der Waals surface area (Å²) in [5.74, 6) is 0. The van der Waals surface area contributed by atoms with Crippen molar-refractivity contribution in [2.75, 3.05) is 13.2 Å². The quantitative estimate of drug-likeness (QED) is 0.809. The van der Waals surface area contributed by atoms with Gasteiger partial charge in [0.25, 0.3) is 0 Å². The molecule has 0 saturated carbocycles. The van der Waals surface area contributed by atoms with Crippen molar-refractivity contribution < 1.29 is 4.74 Å². The van der Waals surface area contributed by atoms with Gasteiger partial charge in [-0.2, -0.15) is 0 Å². The number of nitrogens with one attached hydrogen (secondary N) is 1. The molecule has 0 spiro atoms. The van der Waals surface area contributed by atoms with Crippen LogP contribution in [0.15, 0.2) is 36.0 Å². The Morgan fingerprint density at radius 3 is 2.88 bits per heavy atom. The maximum atomic E-state index is 6.06. The van der Waals surface area contributed by atoms with Crippen LogP contribution >= 0.6 is 0 Å². The molecule has 2 aliphatic heterocycles. The summed E-state index contributed by atoms with van der Waals surface area (Å²) >= 11 is 0. The van der Waals surface area contributed by atoms with Gasteiger partial charge in [0, 0.05) is 12.6 Å². The van der Waals surface area contributed by atoms with E-state index in [-0.39, 0.29) is 6.10 Å². The van der Waals surface area contributed by atoms with Gasteiger partial charge in [-0.3, -0.25) is 0 Å². The Balaban J connectivity index is 2.31. The lowest BCUT2D eigenvalue weighted by Gasteiger charge is -2.27. The molecule has 2 rings (SSSR count). The van der Waals surface area contributed by atoms with E-state index in [9.17, 15) is 0 Å². The molecular formula is C15H23NO. The van der Waals surface area contributed by atoms with E-state index >= 15 is 0 Å². The van der Waals surface area contributed by atoms with Crippen molar-refractivity contribution in [2.45, 2.75) is 44.8 Å². The second kappa shape index (κ2) is 5.65. The molecule has 0 aromatic carbocycles. The summed E-state index contributed by atoms with van der Waals surface area (Å²) in [5, 5.41) is 3.55. The number of hydrogen-bond donors (Lipinski definition) is 1. The topological polar surface area (TPSA) is 21.3 Å². The van der Waals surface area contributed by atoms with Crippen molar-refractivity contribution in [3.63, 3.8) is 0 Å². The lowest BCUT2D eigenvalue weighted by Crippen LogP contribution is -2.38. The number of allylic oxidation sites excluding steroid dienone is 2. The summed E-state index contributed by atoms with van der Waals surface area (Å²) in [6.45, 7) is 12.1. The summed E-state index contributed by atoms with van der Waals surface area (Å²) < 4.78 is 6.06. The van der Waals surface area contributed by atoms with E-state index < -0.39 is 0 Å². The molecule has 0 aromatic rings. The van der Waals surface area contributed by atoms with Crippen LogP contribution in [0.4, 0.5) is 0 Å². The number of ether oxygens (including phenoxy) is 1. The fraction of sp³-hybridized carbons (Fsp3) is 0.600. The summed E-state index contributed by atoms with van der Waals surface area (Å²) in [5.41, 5.74) is 3.74. The molecule has 2 atom stereocenters. The Morgan fingerprint density at radius 1 is 1.47 bits per heavy atom. The fourth-order valence-corrected chi connectivity index (χ4v) is 2.89. The lowest BCUT2D eigenvalue weighted by molar-refractivity contribution is 0.0597. The van der Waals surface area contributed by atoms with Crippen LogP contribution in [-0.2, 0) is 4.74 Å². The molecular weight excluding hydrogens is 210 g/mol. The van der Waals surface area contributed by atoms with Crippen LogP contribution < -0.4 is 5.32 Å². The molecule has 2 unspecified atom stereocenters. The van der Waals surface area contributed by atoms with Gasteiger partial charge in [-0.05, 0) is 50.3 Å². The van der Waals surface area contributed by atoms with Crippen molar-refractivity contribution in [1.82, 2.24) is 5.32 Å². The first-order chi connectivity index (χ1) is 8.24. The lowest BCUT2D eigenvalue weighted by atomic mass is 9.90. The molecule has 0 radical (unpaired) electrons. The van der Waals surface area contributed by atoms with Gasteiger partial charge in [0.05, 0.1) is 6.10 Å². The highest BCUT2D eigenvalue weighted by molar-refractivity contribution is 5.41. The molecule has 1 fully saturated rings. The van der Waals surface area contributed by atoms with Crippen LogP contribution in [-0.4, -0.2) is 25.3 Å². The second-order valence-corrected chi connectivity index (χ2v) is 5.02. The van der Waals surface area contributed by atoms with Crippen molar-refractivity contribution >= 4 is 0 Å². The molecule has 2 aliphatic rings. The minimum absolute atomic E-state index is 0.172. The van der Waals surface area contributed by atoms with E-state index in [1.54, 1.807) is 0 Å². The predicted molar refractivity (Wildman–Crippen MR) is 72.0 cm³/mol. The molecule has 2 heteroatoms. The van der Waals surface area contributed by atoms with Crippen molar-refractivity contribution in [2.24, 2.45) is 0 Å². The predicted octanol–water partition coefficient (Wildman–Crippen LogP) is 2.98. The molecule has 2 heterocycles. The first kappa shape index (κ1) is 12.6. The molecule has 0 bridgehead atoms. The Bertz CT molecular complexity index is 337. The van der Waals surface area contributed by atoms with E-state index in [2.05, 4.69) is 25.4 Å². The van der Waals surface area contributed by atoms with Gasteiger partial charge in [0.15, 0.2) is 0 Å². The molecule has 1 N–H and O–H groups in total. The zero-order valence-corrected chi connectivity index (χ0v) is 10.8. The summed E-state index contributed by atoms with van der Waals surface area (Å²) in [4.78, 5) is 0. The van der Waals surface area contributed by atoms with E-state index in [4.69, 9.17) is 4.74 Å². The summed E-state index contributed by atoms with van der Waals surface area (Å²) in [7, 11) is 0.